The molecule has 0 bridgehead atoms. The molecule has 0 saturated carbocycles. The van der Waals surface area contributed by atoms with Gasteiger partial charge in [-0.05, 0) is 12.8 Å². The van der Waals surface area contributed by atoms with E-state index in [4.69, 9.17) is 10.2 Å². The summed E-state index contributed by atoms with van der Waals surface area (Å²) in [7, 11) is 0. The van der Waals surface area contributed by atoms with Crippen LogP contribution in [0.4, 0.5) is 0 Å². The Morgan fingerprint density at radius 1 is 0.378 bits per heavy atom. The fourth-order valence-electron chi connectivity index (χ4n) is 4.95. The van der Waals surface area contributed by atoms with Crippen LogP contribution in [0.3, 0.4) is 0 Å². The van der Waals surface area contributed by atoms with Gasteiger partial charge in [0.1, 0.15) is 0 Å². The molecule has 3 nitrogen and oxygen atoms in total. The topological polar surface area (TPSA) is 57.5 Å². The molecule has 0 rings (SSSR count). The van der Waals surface area contributed by atoms with Crippen molar-refractivity contribution in [2.75, 3.05) is 6.61 Å². The van der Waals surface area contributed by atoms with Gasteiger partial charge in [-0.3, -0.25) is 4.79 Å². The number of aliphatic carboxylic acids is 1. The summed E-state index contributed by atoms with van der Waals surface area (Å²) in [5.41, 5.74) is 0. The smallest absolute Gasteiger partial charge is 0.303 e. The molecule has 0 radical (unpaired) electrons. The highest BCUT2D eigenvalue weighted by atomic mass is 16.4. The summed E-state index contributed by atoms with van der Waals surface area (Å²) < 4.78 is 0. The number of carboxylic acid groups (broad SMARTS) is 1. The van der Waals surface area contributed by atoms with Crippen LogP contribution in [0.15, 0.2) is 0 Å². The van der Waals surface area contributed by atoms with Gasteiger partial charge in [-0.25, -0.2) is 0 Å². The molecular formula is C34H70O3. The minimum absolute atomic E-state index is 0.346. The van der Waals surface area contributed by atoms with Gasteiger partial charge in [-0.1, -0.05) is 187 Å². The van der Waals surface area contributed by atoms with Gasteiger partial charge in [0.25, 0.3) is 0 Å². The lowest BCUT2D eigenvalue weighted by molar-refractivity contribution is -0.137. The SMILES string of the molecule is CCCCCCCCCCCCCCCCCCCCCC(=O)O.CCCCCCCCCCCCO. The van der Waals surface area contributed by atoms with E-state index in [-0.39, 0.29) is 0 Å². The van der Waals surface area contributed by atoms with Crippen molar-refractivity contribution in [2.45, 2.75) is 206 Å². The molecule has 0 amide bonds. The van der Waals surface area contributed by atoms with Gasteiger partial charge in [0.15, 0.2) is 0 Å². The molecule has 2 N–H and O–H groups in total. The van der Waals surface area contributed by atoms with Crippen molar-refractivity contribution in [1.29, 1.82) is 0 Å². The maximum Gasteiger partial charge on any atom is 0.303 e. The van der Waals surface area contributed by atoms with E-state index in [1.165, 1.54) is 167 Å². The van der Waals surface area contributed by atoms with Gasteiger partial charge < -0.3 is 10.2 Å². The van der Waals surface area contributed by atoms with Crippen LogP contribution in [0.1, 0.15) is 206 Å². The van der Waals surface area contributed by atoms with E-state index in [0.29, 0.717) is 13.0 Å². The Hall–Kier alpha value is -0.570. The third-order valence-corrected chi connectivity index (χ3v) is 7.51. The molecule has 0 saturated heterocycles. The monoisotopic (exact) mass is 527 g/mol. The van der Waals surface area contributed by atoms with Crippen molar-refractivity contribution >= 4 is 5.97 Å². The highest BCUT2D eigenvalue weighted by molar-refractivity contribution is 5.66. The first-order chi connectivity index (χ1) is 18.2. The van der Waals surface area contributed by atoms with E-state index in [1.807, 2.05) is 0 Å². The first-order valence-electron chi connectivity index (χ1n) is 17.0. The summed E-state index contributed by atoms with van der Waals surface area (Å²) in [5, 5.41) is 17.1. The molecule has 0 heterocycles. The second-order valence-corrected chi connectivity index (χ2v) is 11.4. The summed E-state index contributed by atoms with van der Waals surface area (Å²) in [5.74, 6) is -0.651. The number of hydrogen-bond acceptors (Lipinski definition) is 2. The average Bonchev–Trinajstić information content (AvgIpc) is 2.89. The van der Waals surface area contributed by atoms with Crippen molar-refractivity contribution in [3.05, 3.63) is 0 Å². The molecule has 0 aliphatic heterocycles. The zero-order chi connectivity index (χ0) is 27.5. The Balaban J connectivity index is 0. The van der Waals surface area contributed by atoms with E-state index >= 15 is 0 Å². The third kappa shape index (κ3) is 42.8. The van der Waals surface area contributed by atoms with Crippen molar-refractivity contribution in [3.63, 3.8) is 0 Å². The maximum atomic E-state index is 10.4. The molecule has 0 atom stereocenters. The molecule has 0 aromatic rings. The normalized spacial score (nSPS) is 10.9. The molecule has 37 heavy (non-hydrogen) atoms. The van der Waals surface area contributed by atoms with Gasteiger partial charge >= 0.3 is 5.97 Å². The van der Waals surface area contributed by atoms with Crippen LogP contribution in [0.5, 0.6) is 0 Å². The third-order valence-electron chi connectivity index (χ3n) is 7.51. The molecular weight excluding hydrogens is 456 g/mol. The van der Waals surface area contributed by atoms with E-state index in [9.17, 15) is 4.79 Å². The fraction of sp³-hybridized carbons (Fsp3) is 0.971. The number of carboxylic acids is 1. The van der Waals surface area contributed by atoms with Gasteiger partial charge in [-0.2, -0.15) is 0 Å². The molecule has 224 valence electrons. The molecule has 0 aliphatic rings. The van der Waals surface area contributed by atoms with Gasteiger partial charge in [0.2, 0.25) is 0 Å². The minimum Gasteiger partial charge on any atom is -0.481 e. The lowest BCUT2D eigenvalue weighted by atomic mass is 10.0. The average molecular weight is 527 g/mol. The van der Waals surface area contributed by atoms with Gasteiger partial charge in [-0.15, -0.1) is 0 Å². The number of unbranched alkanes of at least 4 members (excludes halogenated alkanes) is 27. The summed E-state index contributed by atoms with van der Waals surface area (Å²) in [6.07, 6.45) is 39.4. The lowest BCUT2D eigenvalue weighted by Gasteiger charge is -2.03. The van der Waals surface area contributed by atoms with Crippen LogP contribution >= 0.6 is 0 Å². The zero-order valence-corrected chi connectivity index (χ0v) is 25.7. The summed E-state index contributed by atoms with van der Waals surface area (Å²) >= 11 is 0. The zero-order valence-electron chi connectivity index (χ0n) is 25.7. The highest BCUT2D eigenvalue weighted by Crippen LogP contribution is 2.15. The first kappa shape index (κ1) is 38.6. The van der Waals surface area contributed by atoms with Crippen molar-refractivity contribution in [2.24, 2.45) is 0 Å². The number of aliphatic hydroxyl groups excluding tert-OH is 1. The highest BCUT2D eigenvalue weighted by Gasteiger charge is 1.97. The summed E-state index contributed by atoms with van der Waals surface area (Å²) in [6, 6.07) is 0. The summed E-state index contributed by atoms with van der Waals surface area (Å²) in [6.45, 7) is 4.91. The van der Waals surface area contributed by atoms with Crippen LogP contribution in [0.2, 0.25) is 0 Å². The standard InChI is InChI=1S/C22H44O2.C12H26O/c1-2-3-4-5-6-7-8-9-10-11-12-13-14-15-16-17-18-19-20-21-22(23)24;1-2-3-4-5-6-7-8-9-10-11-12-13/h2-21H2,1H3,(H,23,24);13H,2-12H2,1H3. The predicted octanol–water partition coefficient (Wildman–Crippen LogP) is 11.8. The number of aliphatic hydroxyl groups is 1. The summed E-state index contributed by atoms with van der Waals surface area (Å²) in [4.78, 5) is 10.4. The molecule has 0 aliphatic carbocycles. The number of rotatable bonds is 30. The van der Waals surface area contributed by atoms with Crippen LogP contribution < -0.4 is 0 Å². The Bertz CT molecular complexity index is 387. The van der Waals surface area contributed by atoms with E-state index in [0.717, 1.165) is 19.3 Å². The van der Waals surface area contributed by atoms with Crippen molar-refractivity contribution in [1.82, 2.24) is 0 Å². The van der Waals surface area contributed by atoms with E-state index in [2.05, 4.69) is 13.8 Å². The van der Waals surface area contributed by atoms with Crippen LogP contribution in [-0.2, 0) is 4.79 Å². The fourth-order valence-corrected chi connectivity index (χ4v) is 4.95. The molecule has 0 spiro atoms. The quantitative estimate of drug-likeness (QED) is 0.0915. The van der Waals surface area contributed by atoms with Gasteiger partial charge in [0, 0.05) is 13.0 Å². The predicted molar refractivity (Wildman–Crippen MR) is 165 cm³/mol. The maximum absolute atomic E-state index is 10.4. The van der Waals surface area contributed by atoms with Crippen molar-refractivity contribution in [3.8, 4) is 0 Å². The molecule has 0 unspecified atom stereocenters. The second kappa shape index (κ2) is 37.6. The Morgan fingerprint density at radius 3 is 0.811 bits per heavy atom. The van der Waals surface area contributed by atoms with Gasteiger partial charge in [0.05, 0.1) is 0 Å². The second-order valence-electron chi connectivity index (χ2n) is 11.4. The lowest BCUT2D eigenvalue weighted by Crippen LogP contribution is -1.93. The molecule has 0 fully saturated rings. The van der Waals surface area contributed by atoms with Crippen LogP contribution in [-0.4, -0.2) is 22.8 Å². The van der Waals surface area contributed by atoms with Crippen LogP contribution in [0.25, 0.3) is 0 Å². The van der Waals surface area contributed by atoms with Crippen molar-refractivity contribution < 1.29 is 15.0 Å². The molecule has 3 heteroatoms. The number of hydrogen-bond donors (Lipinski definition) is 2. The Labute approximate surface area is 234 Å². The minimum atomic E-state index is -0.651. The molecule has 0 aromatic carbocycles. The number of carbonyl (C=O) groups is 1. The first-order valence-corrected chi connectivity index (χ1v) is 17.0. The Kier molecular flexibility index (Phi) is 39.2. The molecule has 0 aromatic heterocycles. The van der Waals surface area contributed by atoms with E-state index in [1.54, 1.807) is 0 Å². The largest absolute Gasteiger partial charge is 0.481 e. The Morgan fingerprint density at radius 2 is 0.595 bits per heavy atom. The van der Waals surface area contributed by atoms with E-state index < -0.39 is 5.97 Å². The van der Waals surface area contributed by atoms with Crippen LogP contribution in [0, 0.1) is 0 Å².